The summed E-state index contributed by atoms with van der Waals surface area (Å²) in [5.41, 5.74) is 0. The molecular formula is C10H22N2O3. The third-order valence-corrected chi connectivity index (χ3v) is 1.94. The van der Waals surface area contributed by atoms with Crippen LogP contribution in [0.3, 0.4) is 0 Å². The molecule has 5 nitrogen and oxygen atoms in total. The normalized spacial score (nSPS) is 12.5. The number of ether oxygens (including phenoxy) is 1. The number of methoxy groups -OCH3 is 1. The molecule has 1 atom stereocenters. The Morgan fingerprint density at radius 1 is 1.47 bits per heavy atom. The van der Waals surface area contributed by atoms with E-state index in [0.717, 1.165) is 6.54 Å². The van der Waals surface area contributed by atoms with Crippen molar-refractivity contribution in [3.8, 4) is 0 Å². The van der Waals surface area contributed by atoms with Gasteiger partial charge in [0.05, 0.1) is 12.7 Å². The average molecular weight is 218 g/mol. The second-order valence-electron chi connectivity index (χ2n) is 3.35. The summed E-state index contributed by atoms with van der Waals surface area (Å²) in [4.78, 5) is 11.2. The van der Waals surface area contributed by atoms with Gasteiger partial charge in [0.15, 0.2) is 0 Å². The summed E-state index contributed by atoms with van der Waals surface area (Å²) in [7, 11) is 1.54. The van der Waals surface area contributed by atoms with E-state index in [4.69, 9.17) is 4.74 Å². The molecule has 90 valence electrons. The van der Waals surface area contributed by atoms with Crippen LogP contribution in [0.5, 0.6) is 0 Å². The zero-order chi connectivity index (χ0) is 11.5. The SMILES string of the molecule is CCNCCC(=O)NCCC(O)COC. The number of amides is 1. The lowest BCUT2D eigenvalue weighted by Crippen LogP contribution is -2.30. The van der Waals surface area contributed by atoms with E-state index in [1.807, 2.05) is 6.92 Å². The summed E-state index contributed by atoms with van der Waals surface area (Å²) < 4.78 is 4.77. The zero-order valence-electron chi connectivity index (χ0n) is 9.58. The zero-order valence-corrected chi connectivity index (χ0v) is 9.58. The Bertz CT molecular complexity index is 165. The molecule has 3 N–H and O–H groups in total. The van der Waals surface area contributed by atoms with Gasteiger partial charge in [-0.15, -0.1) is 0 Å². The van der Waals surface area contributed by atoms with E-state index in [1.165, 1.54) is 7.11 Å². The third kappa shape index (κ3) is 9.65. The van der Waals surface area contributed by atoms with Crippen molar-refractivity contribution in [2.24, 2.45) is 0 Å². The molecule has 0 fully saturated rings. The van der Waals surface area contributed by atoms with Crippen molar-refractivity contribution in [2.45, 2.75) is 25.9 Å². The number of rotatable bonds is 9. The van der Waals surface area contributed by atoms with Gasteiger partial charge in [0.25, 0.3) is 0 Å². The number of aliphatic hydroxyl groups is 1. The molecule has 0 aromatic heterocycles. The quantitative estimate of drug-likeness (QED) is 0.456. The fourth-order valence-electron chi connectivity index (χ4n) is 1.12. The molecule has 1 amide bonds. The standard InChI is InChI=1S/C10H22N2O3/c1-3-11-6-5-10(14)12-7-4-9(13)8-15-2/h9,11,13H,3-8H2,1-2H3,(H,12,14). The van der Waals surface area contributed by atoms with E-state index in [0.29, 0.717) is 32.5 Å². The van der Waals surface area contributed by atoms with Gasteiger partial charge in [-0.2, -0.15) is 0 Å². The van der Waals surface area contributed by atoms with Gasteiger partial charge in [-0.3, -0.25) is 4.79 Å². The van der Waals surface area contributed by atoms with Crippen molar-refractivity contribution in [3.05, 3.63) is 0 Å². The van der Waals surface area contributed by atoms with Crippen LogP contribution < -0.4 is 10.6 Å². The number of carbonyl (C=O) groups excluding carboxylic acids is 1. The Kier molecular flexibility index (Phi) is 9.46. The molecule has 0 aliphatic rings. The first kappa shape index (κ1) is 14.3. The molecule has 15 heavy (non-hydrogen) atoms. The topological polar surface area (TPSA) is 70.6 Å². The van der Waals surface area contributed by atoms with Crippen LogP contribution in [0.15, 0.2) is 0 Å². The van der Waals surface area contributed by atoms with Crippen molar-refractivity contribution in [1.82, 2.24) is 10.6 Å². The van der Waals surface area contributed by atoms with Crippen molar-refractivity contribution in [3.63, 3.8) is 0 Å². The number of hydrogen-bond donors (Lipinski definition) is 3. The molecule has 0 rings (SSSR count). The number of nitrogens with one attached hydrogen (secondary N) is 2. The molecule has 0 spiro atoms. The molecule has 0 bridgehead atoms. The van der Waals surface area contributed by atoms with E-state index in [1.54, 1.807) is 0 Å². The highest BCUT2D eigenvalue weighted by Gasteiger charge is 2.04. The van der Waals surface area contributed by atoms with E-state index in [9.17, 15) is 9.90 Å². The van der Waals surface area contributed by atoms with E-state index >= 15 is 0 Å². The highest BCUT2D eigenvalue weighted by Crippen LogP contribution is 1.90. The van der Waals surface area contributed by atoms with E-state index < -0.39 is 6.10 Å². The Hall–Kier alpha value is -0.650. The highest BCUT2D eigenvalue weighted by atomic mass is 16.5. The summed E-state index contributed by atoms with van der Waals surface area (Å²) in [6.07, 6.45) is 0.513. The number of carbonyl (C=O) groups is 1. The maximum absolute atomic E-state index is 11.2. The van der Waals surface area contributed by atoms with Crippen LogP contribution in [0, 0.1) is 0 Å². The van der Waals surface area contributed by atoms with Crippen LogP contribution in [0.25, 0.3) is 0 Å². The summed E-state index contributed by atoms with van der Waals surface area (Å²) in [6.45, 7) is 4.38. The largest absolute Gasteiger partial charge is 0.391 e. The fourth-order valence-corrected chi connectivity index (χ4v) is 1.12. The van der Waals surface area contributed by atoms with Crippen molar-refractivity contribution < 1.29 is 14.6 Å². The van der Waals surface area contributed by atoms with Crippen LogP contribution >= 0.6 is 0 Å². The van der Waals surface area contributed by atoms with Crippen LogP contribution in [0.1, 0.15) is 19.8 Å². The van der Waals surface area contributed by atoms with Crippen LogP contribution in [0.2, 0.25) is 0 Å². The Balaban J connectivity index is 3.30. The van der Waals surface area contributed by atoms with Crippen molar-refractivity contribution >= 4 is 5.91 Å². The second kappa shape index (κ2) is 9.89. The van der Waals surface area contributed by atoms with Crippen molar-refractivity contribution in [2.75, 3.05) is 33.4 Å². The third-order valence-electron chi connectivity index (χ3n) is 1.94. The van der Waals surface area contributed by atoms with E-state index in [-0.39, 0.29) is 5.91 Å². The van der Waals surface area contributed by atoms with Crippen molar-refractivity contribution in [1.29, 1.82) is 0 Å². The molecule has 0 aromatic rings. The molecular weight excluding hydrogens is 196 g/mol. The molecule has 0 heterocycles. The van der Waals surface area contributed by atoms with Crippen LogP contribution in [-0.4, -0.2) is 50.5 Å². The smallest absolute Gasteiger partial charge is 0.221 e. The maximum Gasteiger partial charge on any atom is 0.221 e. The van der Waals surface area contributed by atoms with Gasteiger partial charge in [0, 0.05) is 26.6 Å². The minimum Gasteiger partial charge on any atom is -0.391 e. The number of aliphatic hydroxyl groups excluding tert-OH is 1. The Morgan fingerprint density at radius 2 is 2.20 bits per heavy atom. The minimum absolute atomic E-state index is 0.0144. The van der Waals surface area contributed by atoms with Gasteiger partial charge in [-0.05, 0) is 13.0 Å². The summed E-state index contributed by atoms with van der Waals surface area (Å²) >= 11 is 0. The van der Waals surface area contributed by atoms with Crippen LogP contribution in [-0.2, 0) is 9.53 Å². The van der Waals surface area contributed by atoms with E-state index in [2.05, 4.69) is 10.6 Å². The highest BCUT2D eigenvalue weighted by molar-refractivity contribution is 5.75. The lowest BCUT2D eigenvalue weighted by atomic mass is 10.2. The number of hydrogen-bond acceptors (Lipinski definition) is 4. The molecule has 0 saturated carbocycles. The Morgan fingerprint density at radius 3 is 2.80 bits per heavy atom. The van der Waals surface area contributed by atoms with Gasteiger partial charge in [-0.1, -0.05) is 6.92 Å². The maximum atomic E-state index is 11.2. The first-order valence-corrected chi connectivity index (χ1v) is 5.35. The predicted octanol–water partition coefficient (Wildman–Crippen LogP) is -0.500. The van der Waals surface area contributed by atoms with Gasteiger partial charge in [0.1, 0.15) is 0 Å². The summed E-state index contributed by atoms with van der Waals surface area (Å²) in [5, 5.41) is 15.1. The van der Waals surface area contributed by atoms with Gasteiger partial charge in [-0.25, -0.2) is 0 Å². The molecule has 0 aliphatic carbocycles. The lowest BCUT2D eigenvalue weighted by molar-refractivity contribution is -0.121. The molecule has 0 aromatic carbocycles. The minimum atomic E-state index is -0.496. The Labute approximate surface area is 91.2 Å². The van der Waals surface area contributed by atoms with Gasteiger partial charge < -0.3 is 20.5 Å². The fraction of sp³-hybridized carbons (Fsp3) is 0.900. The molecule has 0 saturated heterocycles. The first-order valence-electron chi connectivity index (χ1n) is 5.35. The molecule has 1 unspecified atom stereocenters. The first-order chi connectivity index (χ1) is 7.20. The molecule has 5 heteroatoms. The van der Waals surface area contributed by atoms with Crippen LogP contribution in [0.4, 0.5) is 0 Å². The lowest BCUT2D eigenvalue weighted by Gasteiger charge is -2.10. The average Bonchev–Trinajstić information content (AvgIpc) is 2.18. The predicted molar refractivity (Wildman–Crippen MR) is 58.7 cm³/mol. The molecule has 0 radical (unpaired) electrons. The monoisotopic (exact) mass is 218 g/mol. The summed E-state index contributed by atoms with van der Waals surface area (Å²) in [5.74, 6) is 0.0144. The van der Waals surface area contributed by atoms with Gasteiger partial charge >= 0.3 is 0 Å². The molecule has 0 aliphatic heterocycles. The second-order valence-corrected chi connectivity index (χ2v) is 3.35. The van der Waals surface area contributed by atoms with Gasteiger partial charge in [0.2, 0.25) is 5.91 Å². The summed E-state index contributed by atoms with van der Waals surface area (Å²) in [6, 6.07) is 0.